The van der Waals surface area contributed by atoms with Gasteiger partial charge in [-0.3, -0.25) is 4.79 Å². The number of ether oxygens (including phenoxy) is 2. The van der Waals surface area contributed by atoms with Crippen LogP contribution in [0.3, 0.4) is 0 Å². The second-order valence-corrected chi connectivity index (χ2v) is 12.6. The van der Waals surface area contributed by atoms with Gasteiger partial charge in [0.2, 0.25) is 6.71 Å². The van der Waals surface area contributed by atoms with Crippen LogP contribution in [-0.4, -0.2) is 19.9 Å². The van der Waals surface area contributed by atoms with Crippen molar-refractivity contribution in [3.63, 3.8) is 0 Å². The van der Waals surface area contributed by atoms with E-state index in [-0.39, 0.29) is 12.1 Å². The van der Waals surface area contributed by atoms with Crippen LogP contribution in [-0.2, 0) is 11.3 Å². The van der Waals surface area contributed by atoms with Gasteiger partial charge >= 0.3 is 0 Å². The molecule has 7 rings (SSSR count). The van der Waals surface area contributed by atoms with Crippen LogP contribution in [0.1, 0.15) is 16.0 Å². The standard InChI is InChI=1S/C42H33BO3S/c1-3-38-40(4-2)47-41-22-13-29(25-39(41)42(38)44)28-45-23-24-46-37-20-18-34(19-21-37)43(35-16-14-30-9-5-7-11-32(30)26-35)36-17-15-31-10-6-8-12-33(31)27-36/h3-22,25-27H,1-2,23-24,28H2. The Bertz CT molecular complexity index is 2230. The van der Waals surface area contributed by atoms with Gasteiger partial charge in [0.1, 0.15) is 12.4 Å². The van der Waals surface area contributed by atoms with Crippen LogP contribution in [0.2, 0.25) is 0 Å². The van der Waals surface area contributed by atoms with Crippen molar-refractivity contribution in [2.75, 3.05) is 13.2 Å². The Hall–Kier alpha value is -5.23. The molecular weight excluding hydrogens is 595 g/mol. The monoisotopic (exact) mass is 628 g/mol. The third-order valence-electron chi connectivity index (χ3n) is 8.60. The number of benzene rings is 6. The summed E-state index contributed by atoms with van der Waals surface area (Å²) in [6.45, 7) is 8.96. The lowest BCUT2D eigenvalue weighted by Crippen LogP contribution is -2.51. The highest BCUT2D eigenvalue weighted by atomic mass is 32.1. The predicted molar refractivity (Wildman–Crippen MR) is 202 cm³/mol. The lowest BCUT2D eigenvalue weighted by molar-refractivity contribution is 0.0890. The summed E-state index contributed by atoms with van der Waals surface area (Å²) < 4.78 is 12.9. The van der Waals surface area contributed by atoms with Gasteiger partial charge in [0, 0.05) is 20.5 Å². The smallest absolute Gasteiger partial charge is 0.241 e. The van der Waals surface area contributed by atoms with E-state index in [0.29, 0.717) is 30.8 Å². The molecule has 47 heavy (non-hydrogen) atoms. The topological polar surface area (TPSA) is 35.5 Å². The summed E-state index contributed by atoms with van der Waals surface area (Å²) in [4.78, 5) is 13.8. The van der Waals surface area contributed by atoms with E-state index in [4.69, 9.17) is 9.47 Å². The summed E-state index contributed by atoms with van der Waals surface area (Å²) in [6, 6.07) is 44.8. The molecule has 1 heterocycles. The molecule has 0 spiro atoms. The lowest BCUT2D eigenvalue weighted by atomic mass is 9.36. The number of hydrogen-bond donors (Lipinski definition) is 0. The van der Waals surface area contributed by atoms with Gasteiger partial charge in [-0.25, -0.2) is 0 Å². The largest absolute Gasteiger partial charge is 0.491 e. The summed E-state index contributed by atoms with van der Waals surface area (Å²) in [5, 5.41) is 5.62. The summed E-state index contributed by atoms with van der Waals surface area (Å²) >= 11 is 1.54. The molecule has 0 N–H and O–H groups in total. The molecule has 0 atom stereocenters. The number of rotatable bonds is 11. The van der Waals surface area contributed by atoms with Crippen molar-refractivity contribution in [3.05, 3.63) is 167 Å². The first-order valence-corrected chi connectivity index (χ1v) is 16.6. The van der Waals surface area contributed by atoms with Crippen LogP contribution in [0.5, 0.6) is 5.75 Å². The van der Waals surface area contributed by atoms with Crippen molar-refractivity contribution in [3.8, 4) is 5.75 Å². The molecule has 0 radical (unpaired) electrons. The molecular formula is C42H33BO3S. The molecule has 7 aromatic rings. The van der Waals surface area contributed by atoms with Crippen molar-refractivity contribution in [1.29, 1.82) is 0 Å². The second kappa shape index (κ2) is 13.6. The van der Waals surface area contributed by atoms with Crippen molar-refractivity contribution in [1.82, 2.24) is 0 Å². The summed E-state index contributed by atoms with van der Waals surface area (Å²) in [5.74, 6) is 0.797. The average Bonchev–Trinajstić information content (AvgIpc) is 3.12. The predicted octanol–water partition coefficient (Wildman–Crippen LogP) is 7.97. The molecule has 1 aromatic heterocycles. The molecule has 5 heteroatoms. The van der Waals surface area contributed by atoms with E-state index in [0.717, 1.165) is 20.9 Å². The molecule has 6 aromatic carbocycles. The molecule has 0 aliphatic carbocycles. The minimum absolute atomic E-state index is 0.0271. The highest BCUT2D eigenvalue weighted by Gasteiger charge is 2.22. The van der Waals surface area contributed by atoms with Crippen LogP contribution < -0.4 is 26.6 Å². The Morgan fingerprint density at radius 2 is 1.26 bits per heavy atom. The molecule has 0 unspecified atom stereocenters. The van der Waals surface area contributed by atoms with Crippen molar-refractivity contribution < 1.29 is 9.47 Å². The molecule has 0 bridgehead atoms. The lowest BCUT2D eigenvalue weighted by Gasteiger charge is -2.18. The van der Waals surface area contributed by atoms with Crippen LogP contribution in [0.25, 0.3) is 43.8 Å². The number of hydrogen-bond acceptors (Lipinski definition) is 4. The van der Waals surface area contributed by atoms with E-state index in [9.17, 15) is 4.79 Å². The second-order valence-electron chi connectivity index (χ2n) is 11.6. The molecule has 0 fully saturated rings. The van der Waals surface area contributed by atoms with Crippen LogP contribution in [0, 0.1) is 0 Å². The Kier molecular flexibility index (Phi) is 8.83. The highest BCUT2D eigenvalue weighted by Crippen LogP contribution is 2.25. The molecule has 228 valence electrons. The minimum atomic E-state index is -0.0271. The quantitative estimate of drug-likeness (QED) is 0.108. The van der Waals surface area contributed by atoms with Crippen molar-refractivity contribution in [2.24, 2.45) is 0 Å². The Morgan fingerprint density at radius 3 is 1.87 bits per heavy atom. The van der Waals surface area contributed by atoms with Gasteiger partial charge in [-0.1, -0.05) is 145 Å². The minimum Gasteiger partial charge on any atom is -0.491 e. The fraction of sp³-hybridized carbons (Fsp3) is 0.0714. The van der Waals surface area contributed by atoms with E-state index < -0.39 is 0 Å². The van der Waals surface area contributed by atoms with Crippen LogP contribution in [0.15, 0.2) is 145 Å². The van der Waals surface area contributed by atoms with E-state index in [1.54, 1.807) is 23.5 Å². The first-order valence-electron chi connectivity index (χ1n) is 15.7. The molecule has 0 aliphatic rings. The van der Waals surface area contributed by atoms with Crippen LogP contribution >= 0.6 is 11.3 Å². The van der Waals surface area contributed by atoms with Gasteiger partial charge in [0.15, 0.2) is 5.43 Å². The molecule has 0 aliphatic heterocycles. The molecule has 0 saturated carbocycles. The Labute approximate surface area is 279 Å². The van der Waals surface area contributed by atoms with Crippen molar-refractivity contribution in [2.45, 2.75) is 6.61 Å². The summed E-state index contributed by atoms with van der Waals surface area (Å²) in [6.07, 6.45) is 3.32. The van der Waals surface area contributed by atoms with Crippen molar-refractivity contribution >= 4 is 78.2 Å². The third kappa shape index (κ3) is 6.41. The first kappa shape index (κ1) is 30.4. The van der Waals surface area contributed by atoms with Gasteiger partial charge in [0.25, 0.3) is 0 Å². The zero-order valence-electron chi connectivity index (χ0n) is 26.0. The zero-order chi connectivity index (χ0) is 32.2. The fourth-order valence-corrected chi connectivity index (χ4v) is 7.23. The first-order chi connectivity index (χ1) is 23.1. The van der Waals surface area contributed by atoms with Gasteiger partial charge < -0.3 is 9.47 Å². The van der Waals surface area contributed by atoms with Gasteiger partial charge in [-0.15, -0.1) is 11.3 Å². The van der Waals surface area contributed by atoms with Gasteiger partial charge in [0.05, 0.1) is 13.2 Å². The summed E-state index contributed by atoms with van der Waals surface area (Å²) in [5.41, 5.74) is 5.22. The van der Waals surface area contributed by atoms with Gasteiger partial charge in [-0.2, -0.15) is 0 Å². The van der Waals surface area contributed by atoms with E-state index >= 15 is 0 Å². The normalized spacial score (nSPS) is 11.1. The fourth-order valence-electron chi connectivity index (χ4n) is 6.23. The zero-order valence-corrected chi connectivity index (χ0v) is 26.8. The average molecular weight is 629 g/mol. The molecule has 0 amide bonds. The summed E-state index contributed by atoms with van der Waals surface area (Å²) in [7, 11) is 0. The molecule has 3 nitrogen and oxygen atoms in total. The number of fused-ring (bicyclic) bond motifs is 3. The third-order valence-corrected chi connectivity index (χ3v) is 9.78. The molecule has 0 saturated heterocycles. The maximum atomic E-state index is 13.0. The van der Waals surface area contributed by atoms with Gasteiger partial charge in [-0.05, 0) is 51.4 Å². The van der Waals surface area contributed by atoms with E-state index in [1.807, 2.05) is 30.3 Å². The van der Waals surface area contributed by atoms with E-state index in [1.165, 1.54) is 37.9 Å². The highest BCUT2D eigenvalue weighted by molar-refractivity contribution is 7.19. The maximum absolute atomic E-state index is 13.0. The van der Waals surface area contributed by atoms with E-state index in [2.05, 4.69) is 110 Å². The maximum Gasteiger partial charge on any atom is 0.241 e. The Morgan fingerprint density at radius 1 is 0.638 bits per heavy atom. The Balaban J connectivity index is 1.04. The SMILES string of the molecule is C=Cc1sc2ccc(COCCOc3ccc(B(c4ccc5ccccc5c4)c4ccc5ccccc5c4)cc3)cc2c(=O)c1C=C. The van der Waals surface area contributed by atoms with Crippen LogP contribution in [0.4, 0.5) is 0 Å².